The summed E-state index contributed by atoms with van der Waals surface area (Å²) in [4.78, 5) is 0. The first-order chi connectivity index (χ1) is 5.88. The Morgan fingerprint density at radius 3 is 2.50 bits per heavy atom. The summed E-state index contributed by atoms with van der Waals surface area (Å²) in [5.74, 6) is -0.499. The summed E-state index contributed by atoms with van der Waals surface area (Å²) in [6.45, 7) is 0. The molecule has 0 amide bonds. The summed E-state index contributed by atoms with van der Waals surface area (Å²) in [6, 6.07) is 9.07. The van der Waals surface area contributed by atoms with Crippen LogP contribution in [-0.2, 0) is 0 Å². The van der Waals surface area contributed by atoms with Crippen molar-refractivity contribution < 1.29 is 4.39 Å². The van der Waals surface area contributed by atoms with Crippen LogP contribution in [0.1, 0.15) is 0 Å². The van der Waals surface area contributed by atoms with Crippen LogP contribution in [0, 0.1) is 5.95 Å². The lowest BCUT2D eigenvalue weighted by Crippen LogP contribution is -1.80. The van der Waals surface area contributed by atoms with Crippen LogP contribution in [0.5, 0.6) is 0 Å². The van der Waals surface area contributed by atoms with E-state index in [1.807, 2.05) is 18.2 Å². The summed E-state index contributed by atoms with van der Waals surface area (Å²) in [6.07, 6.45) is 0. The molecule has 0 radical (unpaired) electrons. The predicted octanol–water partition coefficient (Wildman–Crippen LogP) is 1.61. The highest BCUT2D eigenvalue weighted by Gasteiger charge is 2.06. The van der Waals surface area contributed by atoms with Crippen molar-refractivity contribution in [2.45, 2.75) is 0 Å². The molecule has 3 nitrogen and oxygen atoms in total. The standard InChI is InChI=1S/C8H6FN3/c9-8-7(10-12-11-8)6-4-2-1-3-5-6/h1-5H,(H,10,11,12). The number of rotatable bonds is 1. The third-order valence-electron chi connectivity index (χ3n) is 1.55. The van der Waals surface area contributed by atoms with Gasteiger partial charge in [-0.15, -0.1) is 5.10 Å². The quantitative estimate of drug-likeness (QED) is 0.693. The molecule has 0 aliphatic carbocycles. The number of benzene rings is 1. The predicted molar refractivity (Wildman–Crippen MR) is 41.8 cm³/mol. The monoisotopic (exact) mass is 163 g/mol. The molecule has 0 aliphatic rings. The van der Waals surface area contributed by atoms with Crippen molar-refractivity contribution in [3.8, 4) is 11.3 Å². The van der Waals surface area contributed by atoms with E-state index in [0.29, 0.717) is 0 Å². The second-order valence-corrected chi connectivity index (χ2v) is 2.34. The van der Waals surface area contributed by atoms with Crippen molar-refractivity contribution >= 4 is 0 Å². The minimum atomic E-state index is -0.499. The highest BCUT2D eigenvalue weighted by atomic mass is 19.1. The Labute approximate surface area is 68.2 Å². The molecule has 0 atom stereocenters. The van der Waals surface area contributed by atoms with E-state index in [2.05, 4.69) is 15.4 Å². The van der Waals surface area contributed by atoms with Gasteiger partial charge in [0.2, 0.25) is 5.95 Å². The molecule has 4 heteroatoms. The lowest BCUT2D eigenvalue weighted by Gasteiger charge is -1.92. The molecule has 0 saturated carbocycles. The second kappa shape index (κ2) is 2.73. The van der Waals surface area contributed by atoms with Gasteiger partial charge in [-0.05, 0) is 0 Å². The van der Waals surface area contributed by atoms with Gasteiger partial charge in [0.25, 0.3) is 0 Å². The average molecular weight is 163 g/mol. The molecule has 1 heterocycles. The first kappa shape index (κ1) is 6.97. The van der Waals surface area contributed by atoms with Gasteiger partial charge in [-0.3, -0.25) is 0 Å². The second-order valence-electron chi connectivity index (χ2n) is 2.34. The minimum Gasteiger partial charge on any atom is -0.232 e. The van der Waals surface area contributed by atoms with Crippen LogP contribution in [-0.4, -0.2) is 15.4 Å². The van der Waals surface area contributed by atoms with E-state index in [1.165, 1.54) is 0 Å². The first-order valence-corrected chi connectivity index (χ1v) is 3.50. The molecule has 0 fully saturated rings. The highest BCUT2D eigenvalue weighted by Crippen LogP contribution is 2.16. The molecule has 0 spiro atoms. The molecule has 0 bridgehead atoms. The third-order valence-corrected chi connectivity index (χ3v) is 1.55. The summed E-state index contributed by atoms with van der Waals surface area (Å²) >= 11 is 0. The largest absolute Gasteiger partial charge is 0.237 e. The number of hydrogen-bond donors (Lipinski definition) is 1. The molecule has 2 rings (SSSR count). The maximum Gasteiger partial charge on any atom is 0.237 e. The van der Waals surface area contributed by atoms with Crippen molar-refractivity contribution in [2.75, 3.05) is 0 Å². The van der Waals surface area contributed by atoms with Crippen LogP contribution >= 0.6 is 0 Å². The van der Waals surface area contributed by atoms with E-state index in [1.54, 1.807) is 12.1 Å². The molecule has 2 aromatic rings. The molecule has 1 N–H and O–H groups in total. The van der Waals surface area contributed by atoms with Crippen LogP contribution in [0.4, 0.5) is 4.39 Å². The lowest BCUT2D eigenvalue weighted by atomic mass is 10.2. The maximum atomic E-state index is 12.9. The van der Waals surface area contributed by atoms with Gasteiger partial charge in [-0.1, -0.05) is 35.5 Å². The van der Waals surface area contributed by atoms with Crippen LogP contribution in [0.25, 0.3) is 11.3 Å². The first-order valence-electron chi connectivity index (χ1n) is 3.50. The summed E-state index contributed by atoms with van der Waals surface area (Å²) in [5.41, 5.74) is 0.986. The lowest BCUT2D eigenvalue weighted by molar-refractivity contribution is 0.581. The third kappa shape index (κ3) is 1.07. The zero-order valence-electron chi connectivity index (χ0n) is 6.16. The van der Waals surface area contributed by atoms with Gasteiger partial charge < -0.3 is 0 Å². The van der Waals surface area contributed by atoms with Crippen LogP contribution in [0.2, 0.25) is 0 Å². The van der Waals surface area contributed by atoms with E-state index in [4.69, 9.17) is 0 Å². The number of nitrogens with one attached hydrogen (secondary N) is 1. The summed E-state index contributed by atoms with van der Waals surface area (Å²) in [7, 11) is 0. The fourth-order valence-electron chi connectivity index (χ4n) is 0.996. The van der Waals surface area contributed by atoms with Gasteiger partial charge in [0.1, 0.15) is 5.69 Å². The summed E-state index contributed by atoms with van der Waals surface area (Å²) < 4.78 is 12.9. The normalized spacial score (nSPS) is 10.1. The molecular formula is C8H6FN3. The average Bonchev–Trinajstić information content (AvgIpc) is 2.53. The van der Waals surface area contributed by atoms with Crippen molar-refractivity contribution in [3.63, 3.8) is 0 Å². The Hall–Kier alpha value is -1.71. The van der Waals surface area contributed by atoms with E-state index in [9.17, 15) is 4.39 Å². The summed E-state index contributed by atoms with van der Waals surface area (Å²) in [5, 5.41) is 9.09. The van der Waals surface area contributed by atoms with E-state index >= 15 is 0 Å². The number of aromatic amines is 1. The highest BCUT2D eigenvalue weighted by molar-refractivity contribution is 5.57. The van der Waals surface area contributed by atoms with Gasteiger partial charge in [0.05, 0.1) is 0 Å². The smallest absolute Gasteiger partial charge is 0.232 e. The number of H-pyrrole nitrogens is 1. The van der Waals surface area contributed by atoms with Crippen molar-refractivity contribution in [1.82, 2.24) is 15.4 Å². The van der Waals surface area contributed by atoms with Crippen LogP contribution < -0.4 is 0 Å². The molecule has 60 valence electrons. The fraction of sp³-hybridized carbons (Fsp3) is 0. The van der Waals surface area contributed by atoms with Gasteiger partial charge in [-0.2, -0.15) is 4.39 Å². The Kier molecular flexibility index (Phi) is 1.59. The minimum absolute atomic E-state index is 0.260. The molecule has 1 aromatic heterocycles. The Balaban J connectivity index is 2.51. The molecule has 12 heavy (non-hydrogen) atoms. The number of aromatic nitrogens is 3. The zero-order chi connectivity index (χ0) is 8.39. The van der Waals surface area contributed by atoms with E-state index in [0.717, 1.165) is 5.56 Å². The van der Waals surface area contributed by atoms with Crippen molar-refractivity contribution in [2.24, 2.45) is 0 Å². The van der Waals surface area contributed by atoms with Gasteiger partial charge >= 0.3 is 0 Å². The molecular weight excluding hydrogens is 157 g/mol. The Bertz CT molecular complexity index is 369. The zero-order valence-corrected chi connectivity index (χ0v) is 6.16. The number of nitrogens with zero attached hydrogens (tertiary/aromatic N) is 2. The van der Waals surface area contributed by atoms with Gasteiger partial charge in [-0.25, -0.2) is 5.10 Å². The van der Waals surface area contributed by atoms with E-state index in [-0.39, 0.29) is 5.69 Å². The molecule has 0 saturated heterocycles. The maximum absolute atomic E-state index is 12.9. The van der Waals surface area contributed by atoms with Gasteiger partial charge in [0.15, 0.2) is 0 Å². The topological polar surface area (TPSA) is 41.6 Å². The molecule has 1 aromatic carbocycles. The fourth-order valence-corrected chi connectivity index (χ4v) is 0.996. The van der Waals surface area contributed by atoms with Crippen LogP contribution in [0.15, 0.2) is 30.3 Å². The SMILES string of the molecule is Fc1[nH]nnc1-c1ccccc1. The van der Waals surface area contributed by atoms with E-state index < -0.39 is 5.95 Å². The molecule has 0 aliphatic heterocycles. The Morgan fingerprint density at radius 2 is 1.92 bits per heavy atom. The molecule has 0 unspecified atom stereocenters. The van der Waals surface area contributed by atoms with Gasteiger partial charge in [0, 0.05) is 5.56 Å². The Morgan fingerprint density at radius 1 is 1.17 bits per heavy atom. The van der Waals surface area contributed by atoms with Crippen molar-refractivity contribution in [3.05, 3.63) is 36.3 Å². The van der Waals surface area contributed by atoms with Crippen molar-refractivity contribution in [1.29, 1.82) is 0 Å². The number of halogens is 1. The van der Waals surface area contributed by atoms with Crippen LogP contribution in [0.3, 0.4) is 0 Å². The number of hydrogen-bond acceptors (Lipinski definition) is 2.